The highest BCUT2D eigenvalue weighted by Gasteiger charge is 2.02. The van der Waals surface area contributed by atoms with Crippen molar-refractivity contribution < 1.29 is 0 Å². The summed E-state index contributed by atoms with van der Waals surface area (Å²) < 4.78 is 0. The minimum absolute atomic E-state index is 0.777. The van der Waals surface area contributed by atoms with Crippen molar-refractivity contribution in [2.75, 3.05) is 5.32 Å². The fourth-order valence-corrected chi connectivity index (χ4v) is 1.94. The van der Waals surface area contributed by atoms with Gasteiger partial charge in [-0.3, -0.25) is 0 Å². The lowest BCUT2D eigenvalue weighted by Crippen LogP contribution is -1.90. The summed E-state index contributed by atoms with van der Waals surface area (Å²) in [6, 6.07) is 11.9. The van der Waals surface area contributed by atoms with E-state index in [-0.39, 0.29) is 0 Å². The highest BCUT2D eigenvalue weighted by molar-refractivity contribution is 5.88. The van der Waals surface area contributed by atoms with Crippen LogP contribution in [-0.2, 0) is 0 Å². The molecule has 0 fully saturated rings. The monoisotopic (exact) mass is 248 g/mol. The second-order valence-electron chi connectivity index (χ2n) is 4.09. The van der Waals surface area contributed by atoms with Crippen molar-refractivity contribution in [2.45, 2.75) is 0 Å². The number of hydrogen-bond acceptors (Lipinski definition) is 4. The number of pyridine rings is 1. The molecule has 0 aliphatic carbocycles. The van der Waals surface area contributed by atoms with Gasteiger partial charge in [-0.15, -0.1) is 0 Å². The molecule has 4 heteroatoms. The molecule has 0 aliphatic rings. The first kappa shape index (κ1) is 11.3. The van der Waals surface area contributed by atoms with Crippen LogP contribution in [0.4, 0.5) is 5.82 Å². The van der Waals surface area contributed by atoms with Crippen LogP contribution in [0.1, 0.15) is 0 Å². The standard InChI is InChI=1S/C15H12N4/c1-2-16-15-9-13-8-11(5-6-12(13)10-17-15)14-4-3-7-18-19-14/h2-10H,1H2,(H,16,17). The van der Waals surface area contributed by atoms with Crippen molar-refractivity contribution in [2.24, 2.45) is 0 Å². The SMILES string of the molecule is C=CNc1cc2cc(-c3cccnn3)ccc2cn1. The van der Waals surface area contributed by atoms with Gasteiger partial charge < -0.3 is 5.32 Å². The van der Waals surface area contributed by atoms with Gasteiger partial charge in [0.15, 0.2) is 0 Å². The Labute approximate surface area is 110 Å². The first-order valence-electron chi connectivity index (χ1n) is 5.92. The Morgan fingerprint density at radius 2 is 2.05 bits per heavy atom. The van der Waals surface area contributed by atoms with Crippen LogP contribution in [0.2, 0.25) is 0 Å². The maximum atomic E-state index is 4.29. The molecule has 2 heterocycles. The van der Waals surface area contributed by atoms with Gasteiger partial charge in [-0.25, -0.2) is 4.98 Å². The predicted octanol–water partition coefficient (Wildman–Crippen LogP) is 3.25. The Morgan fingerprint density at radius 3 is 2.84 bits per heavy atom. The molecule has 92 valence electrons. The molecule has 0 aliphatic heterocycles. The Hall–Kier alpha value is -2.75. The van der Waals surface area contributed by atoms with Crippen molar-refractivity contribution in [3.63, 3.8) is 0 Å². The minimum Gasteiger partial charge on any atom is -0.347 e. The molecule has 1 aromatic carbocycles. The van der Waals surface area contributed by atoms with Gasteiger partial charge in [0, 0.05) is 23.3 Å². The number of nitrogens with zero attached hydrogens (tertiary/aromatic N) is 3. The summed E-state index contributed by atoms with van der Waals surface area (Å²) >= 11 is 0. The van der Waals surface area contributed by atoms with Gasteiger partial charge >= 0.3 is 0 Å². The second-order valence-corrected chi connectivity index (χ2v) is 4.09. The zero-order valence-electron chi connectivity index (χ0n) is 10.2. The van der Waals surface area contributed by atoms with Crippen LogP contribution in [0.25, 0.3) is 22.0 Å². The van der Waals surface area contributed by atoms with Crippen molar-refractivity contribution in [1.82, 2.24) is 15.2 Å². The number of rotatable bonds is 3. The van der Waals surface area contributed by atoms with Crippen LogP contribution in [0.3, 0.4) is 0 Å². The lowest BCUT2D eigenvalue weighted by Gasteiger charge is -2.05. The minimum atomic E-state index is 0.777. The average Bonchev–Trinajstić information content (AvgIpc) is 2.48. The fraction of sp³-hybridized carbons (Fsp3) is 0. The number of fused-ring (bicyclic) bond motifs is 1. The molecule has 0 amide bonds. The molecule has 0 unspecified atom stereocenters. The molecular formula is C15H12N4. The molecule has 1 N–H and O–H groups in total. The highest BCUT2D eigenvalue weighted by atomic mass is 15.1. The third kappa shape index (κ3) is 2.28. The number of hydrogen-bond donors (Lipinski definition) is 1. The lowest BCUT2D eigenvalue weighted by atomic mass is 10.1. The Balaban J connectivity index is 2.11. The second kappa shape index (κ2) is 4.86. The van der Waals surface area contributed by atoms with Crippen molar-refractivity contribution in [3.05, 3.63) is 61.6 Å². The van der Waals surface area contributed by atoms with Crippen molar-refractivity contribution >= 4 is 16.6 Å². The predicted molar refractivity (Wildman–Crippen MR) is 76.6 cm³/mol. The first-order valence-corrected chi connectivity index (χ1v) is 5.92. The van der Waals surface area contributed by atoms with E-state index < -0.39 is 0 Å². The normalized spacial score (nSPS) is 10.3. The fourth-order valence-electron chi connectivity index (χ4n) is 1.94. The molecule has 3 aromatic rings. The van der Waals surface area contributed by atoms with Crippen LogP contribution in [0.5, 0.6) is 0 Å². The van der Waals surface area contributed by atoms with Crippen LogP contribution < -0.4 is 5.32 Å². The Bertz CT molecular complexity index is 723. The third-order valence-corrected chi connectivity index (χ3v) is 2.84. The topological polar surface area (TPSA) is 50.7 Å². The maximum absolute atomic E-state index is 4.29. The summed E-state index contributed by atoms with van der Waals surface area (Å²) in [5.41, 5.74) is 1.90. The Kier molecular flexibility index (Phi) is 2.90. The van der Waals surface area contributed by atoms with Gasteiger partial charge in [-0.2, -0.15) is 10.2 Å². The number of benzene rings is 1. The maximum Gasteiger partial charge on any atom is 0.130 e. The van der Waals surface area contributed by atoms with Crippen molar-refractivity contribution in [3.8, 4) is 11.3 Å². The summed E-state index contributed by atoms with van der Waals surface area (Å²) in [7, 11) is 0. The molecule has 0 saturated heterocycles. The quantitative estimate of drug-likeness (QED) is 0.773. The van der Waals surface area contributed by atoms with Gasteiger partial charge in [-0.05, 0) is 35.9 Å². The summed E-state index contributed by atoms with van der Waals surface area (Å²) in [4.78, 5) is 4.29. The first-order chi connectivity index (χ1) is 9.36. The van der Waals surface area contributed by atoms with Gasteiger partial charge in [0.2, 0.25) is 0 Å². The van der Waals surface area contributed by atoms with E-state index in [1.54, 1.807) is 12.4 Å². The zero-order valence-corrected chi connectivity index (χ0v) is 10.2. The van der Waals surface area contributed by atoms with E-state index in [1.165, 1.54) is 0 Å². The lowest BCUT2D eigenvalue weighted by molar-refractivity contribution is 1.04. The molecule has 4 nitrogen and oxygen atoms in total. The number of anilines is 1. The van der Waals surface area contributed by atoms with Gasteiger partial charge in [0.05, 0.1) is 5.69 Å². The van der Waals surface area contributed by atoms with E-state index in [0.29, 0.717) is 0 Å². The molecule has 0 radical (unpaired) electrons. The summed E-state index contributed by atoms with van der Waals surface area (Å²) in [5, 5.41) is 13.2. The molecule has 2 aromatic heterocycles. The Morgan fingerprint density at radius 1 is 1.11 bits per heavy atom. The van der Waals surface area contributed by atoms with E-state index in [4.69, 9.17) is 0 Å². The summed E-state index contributed by atoms with van der Waals surface area (Å²) in [6.45, 7) is 3.63. The zero-order chi connectivity index (χ0) is 13.1. The molecular weight excluding hydrogens is 236 g/mol. The summed E-state index contributed by atoms with van der Waals surface area (Å²) in [5.74, 6) is 0.777. The van der Waals surface area contributed by atoms with Crippen LogP contribution in [-0.4, -0.2) is 15.2 Å². The molecule has 19 heavy (non-hydrogen) atoms. The summed E-state index contributed by atoms with van der Waals surface area (Å²) in [6.07, 6.45) is 5.11. The molecule has 0 atom stereocenters. The third-order valence-electron chi connectivity index (χ3n) is 2.84. The van der Waals surface area contributed by atoms with Crippen molar-refractivity contribution in [1.29, 1.82) is 0 Å². The van der Waals surface area contributed by atoms with E-state index in [1.807, 2.05) is 36.5 Å². The molecule has 0 saturated carbocycles. The molecule has 0 bridgehead atoms. The number of nitrogens with one attached hydrogen (secondary N) is 1. The largest absolute Gasteiger partial charge is 0.347 e. The number of aromatic nitrogens is 3. The van der Waals surface area contributed by atoms with E-state index in [9.17, 15) is 0 Å². The van der Waals surface area contributed by atoms with Crippen LogP contribution in [0, 0.1) is 0 Å². The highest BCUT2D eigenvalue weighted by Crippen LogP contribution is 2.23. The molecule has 0 spiro atoms. The van der Waals surface area contributed by atoms with Crippen LogP contribution >= 0.6 is 0 Å². The van der Waals surface area contributed by atoms with Gasteiger partial charge in [0.1, 0.15) is 5.82 Å². The van der Waals surface area contributed by atoms with Gasteiger partial charge in [0.25, 0.3) is 0 Å². The van der Waals surface area contributed by atoms with E-state index in [2.05, 4.69) is 33.1 Å². The van der Waals surface area contributed by atoms with Crippen LogP contribution in [0.15, 0.2) is 61.6 Å². The van der Waals surface area contributed by atoms with E-state index in [0.717, 1.165) is 27.8 Å². The van der Waals surface area contributed by atoms with Gasteiger partial charge in [-0.1, -0.05) is 18.7 Å². The average molecular weight is 248 g/mol. The molecule has 3 rings (SSSR count). The van der Waals surface area contributed by atoms with E-state index >= 15 is 0 Å². The smallest absolute Gasteiger partial charge is 0.130 e.